The van der Waals surface area contributed by atoms with Crippen molar-refractivity contribution < 1.29 is 4.39 Å². The second kappa shape index (κ2) is 7.35. The van der Waals surface area contributed by atoms with E-state index in [1.165, 1.54) is 37.8 Å². The molecule has 0 aliphatic heterocycles. The van der Waals surface area contributed by atoms with E-state index in [0.717, 1.165) is 17.1 Å². The van der Waals surface area contributed by atoms with Crippen molar-refractivity contribution in [3.05, 3.63) is 53.8 Å². The molecule has 1 aliphatic carbocycles. The summed E-state index contributed by atoms with van der Waals surface area (Å²) in [6, 6.07) is 14.6. The quantitative estimate of drug-likeness (QED) is 0.788. The Morgan fingerprint density at radius 2 is 1.75 bits per heavy atom. The highest BCUT2D eigenvalue weighted by Crippen LogP contribution is 2.29. The van der Waals surface area contributed by atoms with Gasteiger partial charge in [-0.15, -0.1) is 0 Å². The van der Waals surface area contributed by atoms with Crippen LogP contribution in [0.5, 0.6) is 0 Å². The van der Waals surface area contributed by atoms with Crippen LogP contribution in [0.3, 0.4) is 0 Å². The predicted molar refractivity (Wildman–Crippen MR) is 95.9 cm³/mol. The number of hydrogen-bond donors (Lipinski definition) is 2. The van der Waals surface area contributed by atoms with E-state index in [1.54, 1.807) is 12.1 Å². The minimum atomic E-state index is -0.275. The summed E-state index contributed by atoms with van der Waals surface area (Å²) >= 11 is 0. The van der Waals surface area contributed by atoms with Crippen LogP contribution >= 0.6 is 0 Å². The fourth-order valence-electron chi connectivity index (χ4n) is 3.27. The van der Waals surface area contributed by atoms with E-state index < -0.39 is 0 Å². The zero-order valence-electron chi connectivity index (χ0n) is 13.8. The molecule has 0 aromatic heterocycles. The monoisotopic (exact) mass is 323 g/mol. The molecule has 1 fully saturated rings. The number of benzene rings is 2. The maximum atomic E-state index is 13.0. The number of anilines is 3. The largest absolute Gasteiger partial charge is 0.382 e. The van der Waals surface area contributed by atoms with Gasteiger partial charge in [-0.2, -0.15) is 5.26 Å². The molecule has 0 unspecified atom stereocenters. The average molecular weight is 323 g/mol. The highest BCUT2D eigenvalue weighted by molar-refractivity contribution is 5.71. The average Bonchev–Trinajstić information content (AvgIpc) is 2.59. The third kappa shape index (κ3) is 3.86. The molecule has 3 nitrogen and oxygen atoms in total. The first kappa shape index (κ1) is 16.3. The maximum Gasteiger partial charge on any atom is 0.123 e. The van der Waals surface area contributed by atoms with Crippen LogP contribution in [0.15, 0.2) is 42.5 Å². The molecule has 0 saturated heterocycles. The topological polar surface area (TPSA) is 47.9 Å². The number of nitrogens with one attached hydrogen (secondary N) is 2. The molecule has 4 heteroatoms. The Morgan fingerprint density at radius 1 is 1.04 bits per heavy atom. The summed E-state index contributed by atoms with van der Waals surface area (Å²) in [5.41, 5.74) is 3.08. The molecule has 1 aliphatic rings. The van der Waals surface area contributed by atoms with Crippen molar-refractivity contribution in [2.45, 2.75) is 38.6 Å². The zero-order chi connectivity index (χ0) is 16.9. The van der Waals surface area contributed by atoms with Crippen LogP contribution in [-0.4, -0.2) is 6.04 Å². The lowest BCUT2D eigenvalue weighted by molar-refractivity contribution is 0.349. The lowest BCUT2D eigenvalue weighted by Gasteiger charge is -2.30. The molecule has 0 heterocycles. The Bertz CT molecular complexity index is 734. The van der Waals surface area contributed by atoms with E-state index in [0.29, 0.717) is 17.5 Å². The molecule has 3 rings (SSSR count). The van der Waals surface area contributed by atoms with E-state index in [2.05, 4.69) is 23.6 Å². The minimum absolute atomic E-state index is 0.275. The molecule has 0 spiro atoms. The Morgan fingerprint density at radius 3 is 2.46 bits per heavy atom. The van der Waals surface area contributed by atoms with Crippen molar-refractivity contribution in [2.24, 2.45) is 5.92 Å². The minimum Gasteiger partial charge on any atom is -0.382 e. The molecular weight excluding hydrogens is 301 g/mol. The summed E-state index contributed by atoms with van der Waals surface area (Å²) in [5.74, 6) is 0.380. The summed E-state index contributed by atoms with van der Waals surface area (Å²) in [6.07, 6.45) is 5.01. The van der Waals surface area contributed by atoms with E-state index in [4.69, 9.17) is 0 Å². The van der Waals surface area contributed by atoms with Crippen molar-refractivity contribution >= 4 is 17.1 Å². The van der Waals surface area contributed by atoms with Gasteiger partial charge in [0.25, 0.3) is 0 Å². The highest BCUT2D eigenvalue weighted by atomic mass is 19.1. The van der Waals surface area contributed by atoms with Crippen LogP contribution in [0.1, 0.15) is 38.2 Å². The molecule has 2 aromatic rings. The number of rotatable bonds is 4. The second-order valence-electron chi connectivity index (χ2n) is 6.52. The van der Waals surface area contributed by atoms with Crippen molar-refractivity contribution in [1.29, 1.82) is 5.26 Å². The fraction of sp³-hybridized carbons (Fsp3) is 0.350. The Kier molecular flexibility index (Phi) is 5.00. The Balaban J connectivity index is 1.80. The fourth-order valence-corrected chi connectivity index (χ4v) is 3.27. The van der Waals surface area contributed by atoms with Gasteiger partial charge in [-0.3, -0.25) is 0 Å². The summed E-state index contributed by atoms with van der Waals surface area (Å²) in [5, 5.41) is 16.1. The number of nitriles is 1. The van der Waals surface area contributed by atoms with E-state index in [9.17, 15) is 9.65 Å². The lowest BCUT2D eigenvalue weighted by atomic mass is 9.86. The van der Waals surface area contributed by atoms with Crippen LogP contribution in [0, 0.1) is 23.1 Å². The standard InChI is InChI=1S/C20H22FN3/c1-14-4-2-3-5-19(14)24-18-9-6-15(13-22)20(12-18)23-17-10-7-16(21)8-11-17/h6-12,14,19,23-24H,2-5H2,1H3/t14-,19+/m0/s1. The first-order valence-corrected chi connectivity index (χ1v) is 8.49. The molecule has 24 heavy (non-hydrogen) atoms. The summed E-state index contributed by atoms with van der Waals surface area (Å²) in [6.45, 7) is 2.29. The van der Waals surface area contributed by atoms with Gasteiger partial charge in [-0.1, -0.05) is 19.8 Å². The van der Waals surface area contributed by atoms with E-state index >= 15 is 0 Å². The molecule has 0 radical (unpaired) electrons. The third-order valence-corrected chi connectivity index (χ3v) is 4.73. The van der Waals surface area contributed by atoms with Crippen molar-refractivity contribution in [3.8, 4) is 6.07 Å². The van der Waals surface area contributed by atoms with Gasteiger partial charge >= 0.3 is 0 Å². The Hall–Kier alpha value is -2.54. The molecule has 0 bridgehead atoms. The van der Waals surface area contributed by atoms with Crippen LogP contribution in [0.25, 0.3) is 0 Å². The zero-order valence-corrected chi connectivity index (χ0v) is 13.8. The summed E-state index contributed by atoms with van der Waals surface area (Å²) in [4.78, 5) is 0. The van der Waals surface area contributed by atoms with Gasteiger partial charge in [-0.25, -0.2) is 4.39 Å². The van der Waals surface area contributed by atoms with Gasteiger partial charge in [0.05, 0.1) is 11.3 Å². The number of halogens is 1. The molecule has 2 aromatic carbocycles. The SMILES string of the molecule is C[C@H]1CCCC[C@H]1Nc1ccc(C#N)c(Nc2ccc(F)cc2)c1. The van der Waals surface area contributed by atoms with Gasteiger partial charge in [0, 0.05) is 17.4 Å². The summed E-state index contributed by atoms with van der Waals surface area (Å²) < 4.78 is 13.0. The van der Waals surface area contributed by atoms with Crippen molar-refractivity contribution in [2.75, 3.05) is 10.6 Å². The maximum absolute atomic E-state index is 13.0. The van der Waals surface area contributed by atoms with E-state index in [1.807, 2.05) is 18.2 Å². The molecule has 1 saturated carbocycles. The first-order chi connectivity index (χ1) is 11.7. The molecular formula is C20H22FN3. The smallest absolute Gasteiger partial charge is 0.123 e. The second-order valence-corrected chi connectivity index (χ2v) is 6.52. The summed E-state index contributed by atoms with van der Waals surface area (Å²) in [7, 11) is 0. The van der Waals surface area contributed by atoms with Crippen LogP contribution in [-0.2, 0) is 0 Å². The van der Waals surface area contributed by atoms with Gasteiger partial charge in [0.1, 0.15) is 11.9 Å². The van der Waals surface area contributed by atoms with Gasteiger partial charge in [0.15, 0.2) is 0 Å². The van der Waals surface area contributed by atoms with Crippen molar-refractivity contribution in [3.63, 3.8) is 0 Å². The van der Waals surface area contributed by atoms with E-state index in [-0.39, 0.29) is 5.82 Å². The Labute approximate surface area is 142 Å². The molecule has 2 N–H and O–H groups in total. The normalized spacial score (nSPS) is 20.2. The van der Waals surface area contributed by atoms with Crippen LogP contribution in [0.2, 0.25) is 0 Å². The van der Waals surface area contributed by atoms with Crippen molar-refractivity contribution in [1.82, 2.24) is 0 Å². The van der Waals surface area contributed by atoms with Gasteiger partial charge in [0.2, 0.25) is 0 Å². The first-order valence-electron chi connectivity index (χ1n) is 8.49. The lowest BCUT2D eigenvalue weighted by Crippen LogP contribution is -2.30. The molecule has 0 amide bonds. The third-order valence-electron chi connectivity index (χ3n) is 4.73. The number of nitrogens with zero attached hydrogens (tertiary/aromatic N) is 1. The van der Waals surface area contributed by atoms with Crippen LogP contribution < -0.4 is 10.6 Å². The van der Waals surface area contributed by atoms with Gasteiger partial charge < -0.3 is 10.6 Å². The molecule has 2 atom stereocenters. The molecule has 124 valence electrons. The predicted octanol–water partition coefficient (Wildman–Crippen LogP) is 5.43. The van der Waals surface area contributed by atoms with Gasteiger partial charge in [-0.05, 0) is 61.2 Å². The number of hydrogen-bond acceptors (Lipinski definition) is 3. The highest BCUT2D eigenvalue weighted by Gasteiger charge is 2.21. The van der Waals surface area contributed by atoms with Crippen LogP contribution in [0.4, 0.5) is 21.5 Å².